The number of piperidine rings is 1. The predicted octanol–water partition coefficient (Wildman–Crippen LogP) is 3.40. The standard InChI is InChI=1S/C21H24FN5OS/c1-14-23-21(26-25-14)16-8-10-27(11-9-16)13-19(28)24-20(18-3-2-12-29-18)15-4-6-17(22)7-5-15/h2-7,12,16,20H,8-11,13H2,1H3,(H,24,28)(H,23,25,26)/t20-/m0/s1. The maximum absolute atomic E-state index is 13.3. The van der Waals surface area contributed by atoms with E-state index in [2.05, 4.69) is 25.4 Å². The number of benzene rings is 1. The lowest BCUT2D eigenvalue weighted by atomic mass is 9.96. The molecular formula is C21H24FN5OS. The third-order valence-corrected chi connectivity index (χ3v) is 6.21. The van der Waals surface area contributed by atoms with Crippen molar-refractivity contribution in [3.63, 3.8) is 0 Å². The van der Waals surface area contributed by atoms with E-state index in [9.17, 15) is 9.18 Å². The van der Waals surface area contributed by atoms with E-state index < -0.39 is 0 Å². The zero-order valence-corrected chi connectivity index (χ0v) is 17.1. The molecule has 1 aliphatic rings. The Labute approximate surface area is 173 Å². The molecule has 2 aromatic heterocycles. The van der Waals surface area contributed by atoms with Crippen LogP contribution in [0, 0.1) is 12.7 Å². The number of thiophene rings is 1. The highest BCUT2D eigenvalue weighted by atomic mass is 32.1. The summed E-state index contributed by atoms with van der Waals surface area (Å²) in [5, 5.41) is 12.3. The molecule has 29 heavy (non-hydrogen) atoms. The number of hydrogen-bond acceptors (Lipinski definition) is 5. The van der Waals surface area contributed by atoms with Gasteiger partial charge in [-0.1, -0.05) is 18.2 Å². The summed E-state index contributed by atoms with van der Waals surface area (Å²) in [6, 6.07) is 9.99. The molecule has 0 bridgehead atoms. The topological polar surface area (TPSA) is 73.9 Å². The molecule has 1 saturated heterocycles. The fourth-order valence-electron chi connectivity index (χ4n) is 3.73. The molecule has 0 saturated carbocycles. The van der Waals surface area contributed by atoms with Crippen molar-refractivity contribution in [2.24, 2.45) is 0 Å². The van der Waals surface area contributed by atoms with Crippen LogP contribution < -0.4 is 5.32 Å². The summed E-state index contributed by atoms with van der Waals surface area (Å²) in [4.78, 5) is 20.4. The summed E-state index contributed by atoms with van der Waals surface area (Å²) in [7, 11) is 0. The second-order valence-corrected chi connectivity index (χ2v) is 8.38. The number of H-pyrrole nitrogens is 1. The molecule has 1 amide bonds. The molecule has 152 valence electrons. The molecule has 2 N–H and O–H groups in total. The molecule has 1 fully saturated rings. The van der Waals surface area contributed by atoms with Crippen molar-refractivity contribution in [1.29, 1.82) is 0 Å². The minimum Gasteiger partial charge on any atom is -0.343 e. The van der Waals surface area contributed by atoms with E-state index in [0.717, 1.165) is 48.0 Å². The van der Waals surface area contributed by atoms with Crippen molar-refractivity contribution in [3.05, 3.63) is 69.7 Å². The van der Waals surface area contributed by atoms with Gasteiger partial charge in [0.15, 0.2) is 5.82 Å². The lowest BCUT2D eigenvalue weighted by Crippen LogP contribution is -2.42. The van der Waals surface area contributed by atoms with Crippen LogP contribution in [0.25, 0.3) is 0 Å². The Kier molecular flexibility index (Phi) is 6.01. The first kappa shape index (κ1) is 19.7. The average molecular weight is 414 g/mol. The number of nitrogens with one attached hydrogen (secondary N) is 2. The fraction of sp³-hybridized carbons (Fsp3) is 0.381. The molecule has 0 unspecified atom stereocenters. The van der Waals surface area contributed by atoms with Crippen LogP contribution in [-0.2, 0) is 4.79 Å². The summed E-state index contributed by atoms with van der Waals surface area (Å²) < 4.78 is 13.3. The summed E-state index contributed by atoms with van der Waals surface area (Å²) in [5.74, 6) is 1.75. The first-order valence-electron chi connectivity index (χ1n) is 9.78. The Morgan fingerprint density at radius 2 is 2.07 bits per heavy atom. The van der Waals surface area contributed by atoms with Crippen molar-refractivity contribution in [2.75, 3.05) is 19.6 Å². The monoisotopic (exact) mass is 413 g/mol. The van der Waals surface area contributed by atoms with Gasteiger partial charge in [0, 0.05) is 10.8 Å². The van der Waals surface area contributed by atoms with E-state index in [0.29, 0.717) is 12.5 Å². The molecule has 3 aromatic rings. The smallest absolute Gasteiger partial charge is 0.234 e. The highest BCUT2D eigenvalue weighted by Gasteiger charge is 2.25. The maximum atomic E-state index is 13.3. The van der Waals surface area contributed by atoms with Crippen molar-refractivity contribution in [1.82, 2.24) is 25.4 Å². The SMILES string of the molecule is Cc1nc(C2CCN(CC(=O)N[C@@H](c3ccc(F)cc3)c3cccs3)CC2)n[nH]1. The van der Waals surface area contributed by atoms with Crippen LogP contribution in [0.3, 0.4) is 0 Å². The van der Waals surface area contributed by atoms with Crippen molar-refractivity contribution < 1.29 is 9.18 Å². The predicted molar refractivity (Wildman–Crippen MR) is 110 cm³/mol. The molecule has 4 rings (SSSR count). The van der Waals surface area contributed by atoms with Gasteiger partial charge in [-0.2, -0.15) is 5.10 Å². The van der Waals surface area contributed by atoms with Crippen molar-refractivity contribution in [2.45, 2.75) is 31.7 Å². The van der Waals surface area contributed by atoms with Crippen LogP contribution in [0.4, 0.5) is 4.39 Å². The zero-order chi connectivity index (χ0) is 20.2. The average Bonchev–Trinajstić information content (AvgIpc) is 3.39. The number of likely N-dealkylation sites (tertiary alicyclic amines) is 1. The summed E-state index contributed by atoms with van der Waals surface area (Å²) in [6.45, 7) is 3.93. The molecule has 0 aliphatic carbocycles. The zero-order valence-electron chi connectivity index (χ0n) is 16.3. The number of halogens is 1. The molecule has 0 radical (unpaired) electrons. The van der Waals surface area contributed by atoms with E-state index >= 15 is 0 Å². The van der Waals surface area contributed by atoms with Crippen molar-refractivity contribution in [3.8, 4) is 0 Å². The molecule has 0 spiro atoms. The van der Waals surface area contributed by atoms with Gasteiger partial charge in [-0.3, -0.25) is 14.8 Å². The number of aryl methyl sites for hydroxylation is 1. The Hall–Kier alpha value is -2.58. The third kappa shape index (κ3) is 4.89. The van der Waals surface area contributed by atoms with Crippen LogP contribution in [0.1, 0.15) is 46.9 Å². The van der Waals surface area contributed by atoms with Crippen LogP contribution in [0.2, 0.25) is 0 Å². The summed E-state index contributed by atoms with van der Waals surface area (Å²) in [6.07, 6.45) is 1.88. The van der Waals surface area contributed by atoms with E-state index in [-0.39, 0.29) is 17.8 Å². The molecular weight excluding hydrogens is 389 g/mol. The number of rotatable bonds is 6. The first-order valence-corrected chi connectivity index (χ1v) is 10.7. The lowest BCUT2D eigenvalue weighted by molar-refractivity contribution is -0.123. The number of aromatic amines is 1. The number of nitrogens with zero attached hydrogens (tertiary/aromatic N) is 3. The molecule has 8 heteroatoms. The minimum atomic E-state index is -0.283. The quantitative estimate of drug-likeness (QED) is 0.650. The van der Waals surface area contributed by atoms with Crippen LogP contribution in [0.15, 0.2) is 41.8 Å². The van der Waals surface area contributed by atoms with Gasteiger partial charge in [0.2, 0.25) is 5.91 Å². The number of carbonyl (C=O) groups excluding carboxylic acids is 1. The van der Waals surface area contributed by atoms with Gasteiger partial charge >= 0.3 is 0 Å². The normalized spacial score (nSPS) is 16.6. The fourth-order valence-corrected chi connectivity index (χ4v) is 4.53. The van der Waals surface area contributed by atoms with E-state index in [4.69, 9.17) is 0 Å². The number of hydrogen-bond donors (Lipinski definition) is 2. The van der Waals surface area contributed by atoms with Crippen LogP contribution in [0.5, 0.6) is 0 Å². The number of aromatic nitrogens is 3. The first-order chi connectivity index (χ1) is 14.1. The minimum absolute atomic E-state index is 0.0279. The van der Waals surface area contributed by atoms with Gasteiger partial charge in [0.05, 0.1) is 12.6 Å². The highest BCUT2D eigenvalue weighted by molar-refractivity contribution is 7.10. The van der Waals surface area contributed by atoms with Gasteiger partial charge in [-0.25, -0.2) is 9.37 Å². The lowest BCUT2D eigenvalue weighted by Gasteiger charge is -2.30. The van der Waals surface area contributed by atoms with E-state index in [1.54, 1.807) is 23.5 Å². The van der Waals surface area contributed by atoms with Crippen molar-refractivity contribution >= 4 is 17.2 Å². The van der Waals surface area contributed by atoms with Gasteiger partial charge in [0.1, 0.15) is 11.6 Å². The highest BCUT2D eigenvalue weighted by Crippen LogP contribution is 2.27. The van der Waals surface area contributed by atoms with Crippen LogP contribution in [-0.4, -0.2) is 45.6 Å². The number of carbonyl (C=O) groups is 1. The van der Waals surface area contributed by atoms with Gasteiger partial charge in [-0.05, 0) is 62.0 Å². The summed E-state index contributed by atoms with van der Waals surface area (Å²) in [5.41, 5.74) is 0.876. The van der Waals surface area contributed by atoms with Crippen LogP contribution >= 0.6 is 11.3 Å². The Morgan fingerprint density at radius 1 is 1.31 bits per heavy atom. The molecule has 1 aliphatic heterocycles. The molecule has 1 atom stereocenters. The molecule has 3 heterocycles. The largest absolute Gasteiger partial charge is 0.343 e. The van der Waals surface area contributed by atoms with Gasteiger partial charge < -0.3 is 5.32 Å². The molecule has 1 aromatic carbocycles. The van der Waals surface area contributed by atoms with Gasteiger partial charge in [0.25, 0.3) is 0 Å². The third-order valence-electron chi connectivity index (χ3n) is 5.27. The maximum Gasteiger partial charge on any atom is 0.234 e. The van der Waals surface area contributed by atoms with E-state index in [1.165, 1.54) is 12.1 Å². The second-order valence-electron chi connectivity index (χ2n) is 7.40. The molecule has 6 nitrogen and oxygen atoms in total. The Morgan fingerprint density at radius 3 is 2.69 bits per heavy atom. The van der Waals surface area contributed by atoms with Gasteiger partial charge in [-0.15, -0.1) is 11.3 Å². The second kappa shape index (κ2) is 8.84. The Bertz CT molecular complexity index is 932. The van der Waals surface area contributed by atoms with E-state index in [1.807, 2.05) is 24.4 Å². The summed E-state index contributed by atoms with van der Waals surface area (Å²) >= 11 is 1.58. The number of amides is 1. The Balaban J connectivity index is 1.36.